The Bertz CT molecular complexity index is 448. The number of guanidine groups is 1. The summed E-state index contributed by atoms with van der Waals surface area (Å²) in [6.45, 7) is 3.27. The summed E-state index contributed by atoms with van der Waals surface area (Å²) in [5.41, 5.74) is 1.13. The zero-order valence-electron chi connectivity index (χ0n) is 13.2. The summed E-state index contributed by atoms with van der Waals surface area (Å²) in [5, 5.41) is 4.01. The van der Waals surface area contributed by atoms with Crippen LogP contribution in [0.4, 0.5) is 0 Å². The maximum absolute atomic E-state index is 5.99. The van der Waals surface area contributed by atoms with Crippen molar-refractivity contribution < 1.29 is 9.47 Å². The lowest BCUT2D eigenvalue weighted by atomic mass is 10.4. The number of aromatic nitrogens is 1. The number of hydrogen-bond acceptors (Lipinski definition) is 3. The number of rotatable bonds is 8. The van der Waals surface area contributed by atoms with E-state index in [4.69, 9.17) is 21.1 Å². The third kappa shape index (κ3) is 6.37. The Kier molecular flexibility index (Phi) is 8.19. The van der Waals surface area contributed by atoms with Crippen LogP contribution in [0.5, 0.6) is 0 Å². The molecule has 0 aromatic carbocycles. The number of hydrogen-bond donors (Lipinski definition) is 1. The van der Waals surface area contributed by atoms with Crippen molar-refractivity contribution in [2.75, 3.05) is 47.6 Å². The molecular formula is C14H25ClN4O2. The molecular weight excluding hydrogens is 292 g/mol. The fourth-order valence-corrected chi connectivity index (χ4v) is 2.18. The zero-order chi connectivity index (χ0) is 15.7. The molecule has 0 unspecified atom stereocenters. The van der Waals surface area contributed by atoms with E-state index in [0.29, 0.717) is 26.4 Å². The quantitative estimate of drug-likeness (QED) is 0.447. The normalized spacial score (nSPS) is 11.8. The third-order valence-electron chi connectivity index (χ3n) is 3.01. The van der Waals surface area contributed by atoms with Gasteiger partial charge in [0, 0.05) is 46.7 Å². The van der Waals surface area contributed by atoms with Crippen LogP contribution in [0.25, 0.3) is 0 Å². The fourth-order valence-electron chi connectivity index (χ4n) is 1.91. The Morgan fingerprint density at radius 1 is 1.43 bits per heavy atom. The highest BCUT2D eigenvalue weighted by atomic mass is 35.5. The molecule has 1 heterocycles. The number of ether oxygens (including phenoxy) is 2. The Hall–Kier alpha value is -1.24. The van der Waals surface area contributed by atoms with Gasteiger partial charge in [0.05, 0.1) is 31.4 Å². The minimum Gasteiger partial charge on any atom is -0.382 e. The molecule has 0 amide bonds. The van der Waals surface area contributed by atoms with E-state index in [1.807, 2.05) is 35.8 Å². The average molecular weight is 317 g/mol. The van der Waals surface area contributed by atoms with Crippen LogP contribution in [0.2, 0.25) is 5.02 Å². The second kappa shape index (κ2) is 9.65. The molecule has 1 rings (SSSR count). The first-order valence-electron chi connectivity index (χ1n) is 6.87. The topological polar surface area (TPSA) is 51.0 Å². The van der Waals surface area contributed by atoms with Gasteiger partial charge in [0.2, 0.25) is 0 Å². The number of aryl methyl sites for hydroxylation is 1. The van der Waals surface area contributed by atoms with E-state index in [1.165, 1.54) is 0 Å². The van der Waals surface area contributed by atoms with Crippen LogP contribution in [0, 0.1) is 0 Å². The van der Waals surface area contributed by atoms with Gasteiger partial charge in [0.25, 0.3) is 0 Å². The zero-order valence-corrected chi connectivity index (χ0v) is 14.0. The Balaban J connectivity index is 2.36. The van der Waals surface area contributed by atoms with Crippen molar-refractivity contribution in [1.29, 1.82) is 0 Å². The van der Waals surface area contributed by atoms with Crippen LogP contribution >= 0.6 is 11.6 Å². The molecule has 1 aromatic rings. The molecule has 7 heteroatoms. The molecule has 0 saturated carbocycles. The molecule has 0 saturated heterocycles. The summed E-state index contributed by atoms with van der Waals surface area (Å²) in [4.78, 5) is 6.31. The summed E-state index contributed by atoms with van der Waals surface area (Å²) in [7, 11) is 7.40. The summed E-state index contributed by atoms with van der Waals surface area (Å²) < 4.78 is 12.3. The van der Waals surface area contributed by atoms with Crippen LogP contribution in [0.15, 0.2) is 17.3 Å². The predicted octanol–water partition coefficient (Wildman–Crippen LogP) is 1.35. The fraction of sp³-hybridized carbons (Fsp3) is 0.643. The summed E-state index contributed by atoms with van der Waals surface area (Å²) in [6.07, 6.45) is 1.89. The lowest BCUT2D eigenvalue weighted by molar-refractivity contribution is 0.0731. The largest absolute Gasteiger partial charge is 0.382 e. The second-order valence-corrected chi connectivity index (χ2v) is 5.13. The molecule has 0 fully saturated rings. The first-order chi connectivity index (χ1) is 10.1. The minimum atomic E-state index is 0.606. The highest BCUT2D eigenvalue weighted by Crippen LogP contribution is 2.14. The molecule has 1 aromatic heterocycles. The highest BCUT2D eigenvalue weighted by Gasteiger charge is 2.09. The van der Waals surface area contributed by atoms with Gasteiger partial charge in [0.1, 0.15) is 0 Å². The van der Waals surface area contributed by atoms with E-state index in [2.05, 4.69) is 10.3 Å². The Labute approximate surface area is 131 Å². The monoisotopic (exact) mass is 316 g/mol. The maximum Gasteiger partial charge on any atom is 0.193 e. The highest BCUT2D eigenvalue weighted by molar-refractivity contribution is 6.30. The molecule has 0 spiro atoms. The van der Waals surface area contributed by atoms with Crippen molar-refractivity contribution >= 4 is 17.6 Å². The number of nitrogens with one attached hydrogen (secondary N) is 1. The number of aliphatic imine (C=N–C) groups is 1. The molecule has 0 radical (unpaired) electrons. The van der Waals surface area contributed by atoms with Crippen LogP contribution < -0.4 is 5.32 Å². The summed E-state index contributed by atoms with van der Waals surface area (Å²) in [5.74, 6) is 0.822. The lowest BCUT2D eigenvalue weighted by Gasteiger charge is -2.22. The number of nitrogens with zero attached hydrogens (tertiary/aromatic N) is 3. The van der Waals surface area contributed by atoms with Crippen molar-refractivity contribution in [2.24, 2.45) is 12.0 Å². The first kappa shape index (κ1) is 17.8. The van der Waals surface area contributed by atoms with Crippen LogP contribution in [-0.4, -0.2) is 63.0 Å². The smallest absolute Gasteiger partial charge is 0.193 e. The van der Waals surface area contributed by atoms with E-state index in [0.717, 1.165) is 23.2 Å². The summed E-state index contributed by atoms with van der Waals surface area (Å²) >= 11 is 5.99. The molecule has 0 bridgehead atoms. The molecule has 0 aliphatic carbocycles. The van der Waals surface area contributed by atoms with E-state index in [9.17, 15) is 0 Å². The number of halogens is 1. The summed E-state index contributed by atoms with van der Waals surface area (Å²) in [6, 6.07) is 1.96. The Morgan fingerprint density at radius 2 is 2.19 bits per heavy atom. The van der Waals surface area contributed by atoms with E-state index in [-0.39, 0.29) is 0 Å². The van der Waals surface area contributed by atoms with E-state index < -0.39 is 0 Å². The van der Waals surface area contributed by atoms with Crippen molar-refractivity contribution in [3.63, 3.8) is 0 Å². The van der Waals surface area contributed by atoms with Gasteiger partial charge in [-0.15, -0.1) is 0 Å². The maximum atomic E-state index is 5.99. The predicted molar refractivity (Wildman–Crippen MR) is 85.9 cm³/mol. The van der Waals surface area contributed by atoms with Gasteiger partial charge in [-0.3, -0.25) is 4.99 Å². The number of methoxy groups -OCH3 is 1. The molecule has 0 aliphatic rings. The van der Waals surface area contributed by atoms with Gasteiger partial charge in [0.15, 0.2) is 5.96 Å². The van der Waals surface area contributed by atoms with Crippen LogP contribution in [-0.2, 0) is 23.1 Å². The van der Waals surface area contributed by atoms with Crippen molar-refractivity contribution in [1.82, 2.24) is 14.8 Å². The van der Waals surface area contributed by atoms with Crippen LogP contribution in [0.1, 0.15) is 5.69 Å². The van der Waals surface area contributed by atoms with E-state index in [1.54, 1.807) is 14.2 Å². The molecule has 0 atom stereocenters. The van der Waals surface area contributed by atoms with Gasteiger partial charge >= 0.3 is 0 Å². The SMILES string of the molecule is CN=C(NCCOCCOC)N(C)Cc1cc(Cl)cn1C. The van der Waals surface area contributed by atoms with Crippen LogP contribution in [0.3, 0.4) is 0 Å². The van der Waals surface area contributed by atoms with Gasteiger partial charge in [-0.25, -0.2) is 0 Å². The molecule has 6 nitrogen and oxygen atoms in total. The van der Waals surface area contributed by atoms with Crippen molar-refractivity contribution in [2.45, 2.75) is 6.54 Å². The molecule has 21 heavy (non-hydrogen) atoms. The molecule has 1 N–H and O–H groups in total. The standard InChI is InChI=1S/C14H25ClN4O2/c1-16-14(17-5-6-21-8-7-20-4)19(3)11-13-9-12(15)10-18(13)2/h9-10H,5-8,11H2,1-4H3,(H,16,17). The average Bonchev–Trinajstić information content (AvgIpc) is 2.76. The van der Waals surface area contributed by atoms with Crippen molar-refractivity contribution in [3.05, 3.63) is 23.0 Å². The minimum absolute atomic E-state index is 0.606. The molecule has 120 valence electrons. The third-order valence-corrected chi connectivity index (χ3v) is 3.22. The van der Waals surface area contributed by atoms with Gasteiger partial charge in [-0.1, -0.05) is 11.6 Å². The first-order valence-corrected chi connectivity index (χ1v) is 7.25. The van der Waals surface area contributed by atoms with Gasteiger partial charge < -0.3 is 24.3 Å². The van der Waals surface area contributed by atoms with Crippen molar-refractivity contribution in [3.8, 4) is 0 Å². The van der Waals surface area contributed by atoms with E-state index >= 15 is 0 Å². The Morgan fingerprint density at radius 3 is 2.76 bits per heavy atom. The van der Waals surface area contributed by atoms with Gasteiger partial charge in [-0.2, -0.15) is 0 Å². The lowest BCUT2D eigenvalue weighted by Crippen LogP contribution is -2.40. The molecule has 0 aliphatic heterocycles. The second-order valence-electron chi connectivity index (χ2n) is 4.70. The van der Waals surface area contributed by atoms with Gasteiger partial charge in [-0.05, 0) is 6.07 Å².